The standard InChI is InChI=1S/C19H33N5O.HI/c1-5-20-18(22-9-6-7-11-24-12-10-21-14(24)2)23-16-15-8-13-25-17(15)19(16,3)4;/h10,12,15-17H,5-9,11,13H2,1-4H3,(H2,20,22,23);1H. The second kappa shape index (κ2) is 9.39. The summed E-state index contributed by atoms with van der Waals surface area (Å²) in [6, 6.07) is 0.450. The predicted octanol–water partition coefficient (Wildman–Crippen LogP) is 2.96. The Hall–Kier alpha value is -0.830. The fourth-order valence-electron chi connectivity index (χ4n) is 4.31. The molecular formula is C19H34IN5O. The average molecular weight is 475 g/mol. The smallest absolute Gasteiger partial charge is 0.191 e. The summed E-state index contributed by atoms with van der Waals surface area (Å²) < 4.78 is 8.09. The van der Waals surface area contributed by atoms with E-state index >= 15 is 0 Å². The average Bonchev–Trinajstić information content (AvgIpc) is 3.20. The van der Waals surface area contributed by atoms with Crippen molar-refractivity contribution in [2.75, 3.05) is 19.7 Å². The van der Waals surface area contributed by atoms with E-state index in [2.05, 4.69) is 41.0 Å². The maximum atomic E-state index is 5.89. The highest BCUT2D eigenvalue weighted by atomic mass is 127. The zero-order valence-corrected chi connectivity index (χ0v) is 18.8. The zero-order chi connectivity index (χ0) is 17.9. The normalized spacial score (nSPS) is 26.6. The Morgan fingerprint density at radius 1 is 1.42 bits per heavy atom. The SMILES string of the molecule is CCNC(=NCCCCn1ccnc1C)NC1C2CCOC2C1(C)C.I. The van der Waals surface area contributed by atoms with Crippen molar-refractivity contribution in [3.05, 3.63) is 18.2 Å². The molecule has 1 aliphatic carbocycles. The number of nitrogens with zero attached hydrogens (tertiary/aromatic N) is 3. The molecule has 0 aromatic carbocycles. The van der Waals surface area contributed by atoms with Crippen LogP contribution in [0.1, 0.15) is 45.9 Å². The molecule has 3 rings (SSSR count). The van der Waals surface area contributed by atoms with Crippen LogP contribution in [0.2, 0.25) is 0 Å². The van der Waals surface area contributed by atoms with Crippen LogP contribution in [0.3, 0.4) is 0 Å². The minimum absolute atomic E-state index is 0. The van der Waals surface area contributed by atoms with E-state index in [0.29, 0.717) is 18.1 Å². The van der Waals surface area contributed by atoms with Crippen molar-refractivity contribution >= 4 is 29.9 Å². The van der Waals surface area contributed by atoms with Gasteiger partial charge < -0.3 is 19.9 Å². The van der Waals surface area contributed by atoms with Gasteiger partial charge in [-0.3, -0.25) is 4.99 Å². The summed E-state index contributed by atoms with van der Waals surface area (Å²) in [5.41, 5.74) is 0.177. The summed E-state index contributed by atoms with van der Waals surface area (Å²) in [5, 5.41) is 7.07. The molecule has 6 nitrogen and oxygen atoms in total. The van der Waals surface area contributed by atoms with Crippen LogP contribution in [0.25, 0.3) is 0 Å². The van der Waals surface area contributed by atoms with Crippen molar-refractivity contribution in [2.24, 2.45) is 16.3 Å². The number of halogens is 1. The van der Waals surface area contributed by atoms with Crippen LogP contribution in [-0.4, -0.2) is 47.4 Å². The Bertz CT molecular complexity index is 601. The first-order chi connectivity index (χ1) is 12.0. The number of nitrogens with one attached hydrogen (secondary N) is 2. The van der Waals surface area contributed by atoms with E-state index in [1.165, 1.54) is 0 Å². The van der Waals surface area contributed by atoms with Crippen molar-refractivity contribution in [3.8, 4) is 0 Å². The number of hydrogen-bond acceptors (Lipinski definition) is 3. The number of aliphatic imine (C=N–C) groups is 1. The number of guanidine groups is 1. The first-order valence-electron chi connectivity index (χ1n) is 9.68. The van der Waals surface area contributed by atoms with Crippen molar-refractivity contribution in [1.29, 1.82) is 0 Å². The van der Waals surface area contributed by atoms with Gasteiger partial charge in [0, 0.05) is 56.0 Å². The van der Waals surface area contributed by atoms with Gasteiger partial charge in [0.1, 0.15) is 5.82 Å². The van der Waals surface area contributed by atoms with Crippen LogP contribution >= 0.6 is 24.0 Å². The number of aromatic nitrogens is 2. The van der Waals surface area contributed by atoms with E-state index in [4.69, 9.17) is 9.73 Å². The van der Waals surface area contributed by atoms with Crippen LogP contribution in [0.15, 0.2) is 17.4 Å². The summed E-state index contributed by atoms with van der Waals surface area (Å²) >= 11 is 0. The van der Waals surface area contributed by atoms with Gasteiger partial charge in [-0.2, -0.15) is 0 Å². The summed E-state index contributed by atoms with van der Waals surface area (Å²) in [4.78, 5) is 9.05. The summed E-state index contributed by atoms with van der Waals surface area (Å²) in [7, 11) is 0. The molecule has 1 saturated carbocycles. The molecule has 1 saturated heterocycles. The first kappa shape index (κ1) is 21.5. The Morgan fingerprint density at radius 2 is 2.23 bits per heavy atom. The van der Waals surface area contributed by atoms with Crippen LogP contribution < -0.4 is 10.6 Å². The number of ether oxygens (including phenoxy) is 1. The maximum absolute atomic E-state index is 5.89. The molecular weight excluding hydrogens is 441 g/mol. The van der Waals surface area contributed by atoms with Gasteiger partial charge in [0.05, 0.1) is 6.10 Å². The highest BCUT2D eigenvalue weighted by molar-refractivity contribution is 14.0. The third-order valence-electron chi connectivity index (χ3n) is 5.74. The lowest BCUT2D eigenvalue weighted by atomic mass is 9.57. The molecule has 148 valence electrons. The van der Waals surface area contributed by atoms with E-state index in [9.17, 15) is 0 Å². The maximum Gasteiger partial charge on any atom is 0.191 e. The quantitative estimate of drug-likeness (QED) is 0.276. The molecule has 2 N–H and O–H groups in total. The van der Waals surface area contributed by atoms with Crippen molar-refractivity contribution in [2.45, 2.75) is 65.6 Å². The minimum atomic E-state index is 0. The molecule has 0 amide bonds. The largest absolute Gasteiger partial charge is 0.377 e. The fraction of sp³-hybridized carbons (Fsp3) is 0.789. The van der Waals surface area contributed by atoms with Crippen molar-refractivity contribution in [3.63, 3.8) is 0 Å². The van der Waals surface area contributed by atoms with Gasteiger partial charge in [-0.1, -0.05) is 13.8 Å². The molecule has 2 aliphatic rings. The van der Waals surface area contributed by atoms with Gasteiger partial charge in [-0.25, -0.2) is 4.98 Å². The number of rotatable bonds is 7. The lowest BCUT2D eigenvalue weighted by Crippen LogP contribution is -2.67. The molecule has 0 spiro atoms. The molecule has 2 heterocycles. The van der Waals surface area contributed by atoms with Gasteiger partial charge in [-0.15, -0.1) is 24.0 Å². The van der Waals surface area contributed by atoms with Crippen LogP contribution in [0.4, 0.5) is 0 Å². The Labute approximate surface area is 174 Å². The van der Waals surface area contributed by atoms with Crippen LogP contribution in [0.5, 0.6) is 0 Å². The first-order valence-corrected chi connectivity index (χ1v) is 9.68. The van der Waals surface area contributed by atoms with E-state index in [0.717, 1.165) is 57.3 Å². The summed E-state index contributed by atoms with van der Waals surface area (Å²) in [5.74, 6) is 2.66. The van der Waals surface area contributed by atoms with Crippen molar-refractivity contribution in [1.82, 2.24) is 20.2 Å². The number of fused-ring (bicyclic) bond motifs is 1. The molecule has 2 fully saturated rings. The zero-order valence-electron chi connectivity index (χ0n) is 16.5. The monoisotopic (exact) mass is 475 g/mol. The number of aryl methyl sites for hydroxylation is 2. The van der Waals surface area contributed by atoms with E-state index in [-0.39, 0.29) is 29.4 Å². The summed E-state index contributed by atoms with van der Waals surface area (Å²) in [6.07, 6.45) is 7.68. The van der Waals surface area contributed by atoms with Gasteiger partial charge in [-0.05, 0) is 33.1 Å². The fourth-order valence-corrected chi connectivity index (χ4v) is 4.31. The Balaban J connectivity index is 0.00000243. The molecule has 1 aliphatic heterocycles. The molecule has 1 aromatic heterocycles. The number of hydrogen-bond donors (Lipinski definition) is 2. The second-order valence-corrected chi connectivity index (χ2v) is 7.82. The topological polar surface area (TPSA) is 63.5 Å². The lowest BCUT2D eigenvalue weighted by molar-refractivity contribution is -0.106. The molecule has 0 bridgehead atoms. The van der Waals surface area contributed by atoms with Gasteiger partial charge in [0.2, 0.25) is 0 Å². The second-order valence-electron chi connectivity index (χ2n) is 7.82. The third-order valence-corrected chi connectivity index (χ3v) is 5.74. The van der Waals surface area contributed by atoms with E-state index < -0.39 is 0 Å². The summed E-state index contributed by atoms with van der Waals surface area (Å²) in [6.45, 7) is 12.4. The van der Waals surface area contributed by atoms with E-state index in [1.807, 2.05) is 19.3 Å². The van der Waals surface area contributed by atoms with Gasteiger partial charge >= 0.3 is 0 Å². The third kappa shape index (κ3) is 4.52. The number of imidazole rings is 1. The molecule has 3 unspecified atom stereocenters. The predicted molar refractivity (Wildman–Crippen MR) is 116 cm³/mol. The molecule has 7 heteroatoms. The highest BCUT2D eigenvalue weighted by Crippen LogP contribution is 2.52. The number of unbranched alkanes of at least 4 members (excludes halogenated alkanes) is 1. The van der Waals surface area contributed by atoms with Gasteiger partial charge in [0.15, 0.2) is 5.96 Å². The van der Waals surface area contributed by atoms with Gasteiger partial charge in [0.25, 0.3) is 0 Å². The highest BCUT2D eigenvalue weighted by Gasteiger charge is 2.59. The van der Waals surface area contributed by atoms with Crippen LogP contribution in [0, 0.1) is 18.3 Å². The lowest BCUT2D eigenvalue weighted by Gasteiger charge is -2.54. The molecule has 1 aromatic rings. The Kier molecular flexibility index (Phi) is 7.76. The molecule has 3 atom stereocenters. The van der Waals surface area contributed by atoms with E-state index in [1.54, 1.807) is 0 Å². The van der Waals surface area contributed by atoms with Crippen LogP contribution in [-0.2, 0) is 11.3 Å². The molecule has 0 radical (unpaired) electrons. The Morgan fingerprint density at radius 3 is 2.92 bits per heavy atom. The minimum Gasteiger partial charge on any atom is -0.377 e. The molecule has 26 heavy (non-hydrogen) atoms. The van der Waals surface area contributed by atoms with Crippen molar-refractivity contribution < 1.29 is 4.74 Å².